The average Bonchev–Trinajstić information content (AvgIpc) is 3.39. The van der Waals surface area contributed by atoms with Gasteiger partial charge in [-0.25, -0.2) is 0 Å². The van der Waals surface area contributed by atoms with Crippen LogP contribution in [-0.2, 0) is 24.3 Å². The van der Waals surface area contributed by atoms with Crippen molar-refractivity contribution in [2.24, 2.45) is 0 Å². The third kappa shape index (κ3) is 3.12. The zero-order chi connectivity index (χ0) is 19.1. The van der Waals surface area contributed by atoms with Crippen LogP contribution in [0, 0.1) is 10.1 Å². The minimum atomic E-state index is -0.345. The first-order chi connectivity index (χ1) is 13.7. The lowest BCUT2D eigenvalue weighted by atomic mass is 9.97. The van der Waals surface area contributed by atoms with Gasteiger partial charge < -0.3 is 9.47 Å². The van der Waals surface area contributed by atoms with Crippen LogP contribution in [0.4, 0.5) is 5.69 Å². The van der Waals surface area contributed by atoms with Crippen LogP contribution >= 0.6 is 22.7 Å². The van der Waals surface area contributed by atoms with Crippen molar-refractivity contribution in [1.82, 2.24) is 4.90 Å². The third-order valence-corrected chi connectivity index (χ3v) is 7.16. The van der Waals surface area contributed by atoms with E-state index in [-0.39, 0.29) is 23.4 Å². The predicted octanol–water partition coefficient (Wildman–Crippen LogP) is 4.73. The molecule has 0 spiro atoms. The molecule has 28 heavy (non-hydrogen) atoms. The smallest absolute Gasteiger partial charge is 0.270 e. The molecule has 0 saturated carbocycles. The number of nitrogens with zero attached hydrogens (tertiary/aromatic N) is 2. The molecule has 1 aromatic carbocycles. The van der Waals surface area contributed by atoms with Crippen LogP contribution in [0.15, 0.2) is 41.1 Å². The maximum atomic E-state index is 11.4. The summed E-state index contributed by atoms with van der Waals surface area (Å²) in [5, 5.41) is 15.7. The lowest BCUT2D eigenvalue weighted by molar-refractivity contribution is -0.385. The molecule has 0 N–H and O–H groups in total. The summed E-state index contributed by atoms with van der Waals surface area (Å²) in [6.45, 7) is 2.03. The highest BCUT2D eigenvalue weighted by atomic mass is 32.1. The normalized spacial score (nSPS) is 18.9. The fraction of sp³-hybridized carbons (Fsp3) is 0.300. The molecule has 8 heteroatoms. The molecule has 0 amide bonds. The molecule has 2 aromatic heterocycles. The molecule has 1 unspecified atom stereocenters. The van der Waals surface area contributed by atoms with Crippen molar-refractivity contribution < 1.29 is 14.4 Å². The van der Waals surface area contributed by atoms with Gasteiger partial charge in [-0.2, -0.15) is 0 Å². The van der Waals surface area contributed by atoms with Gasteiger partial charge in [0.15, 0.2) is 6.79 Å². The van der Waals surface area contributed by atoms with Crippen molar-refractivity contribution in [3.8, 4) is 5.75 Å². The Kier molecular flexibility index (Phi) is 4.64. The third-order valence-electron chi connectivity index (χ3n) is 5.23. The Morgan fingerprint density at radius 3 is 3.00 bits per heavy atom. The Morgan fingerprint density at radius 1 is 1.25 bits per heavy atom. The van der Waals surface area contributed by atoms with Crippen LogP contribution in [0.1, 0.15) is 32.5 Å². The van der Waals surface area contributed by atoms with Gasteiger partial charge in [0.05, 0.1) is 17.6 Å². The summed E-state index contributed by atoms with van der Waals surface area (Å²) >= 11 is 3.56. The number of ether oxygens (including phenoxy) is 2. The van der Waals surface area contributed by atoms with E-state index in [2.05, 4.69) is 33.9 Å². The highest BCUT2D eigenvalue weighted by molar-refractivity contribution is 7.10. The number of hydrogen-bond acceptors (Lipinski definition) is 7. The number of hydrogen-bond donors (Lipinski definition) is 0. The van der Waals surface area contributed by atoms with Crippen molar-refractivity contribution in [2.75, 3.05) is 13.3 Å². The van der Waals surface area contributed by atoms with E-state index in [1.807, 2.05) is 11.3 Å². The average molecular weight is 415 g/mol. The second kappa shape index (κ2) is 7.29. The topological polar surface area (TPSA) is 64.8 Å². The Labute approximate surface area is 170 Å². The van der Waals surface area contributed by atoms with Crippen molar-refractivity contribution >= 4 is 28.4 Å². The van der Waals surface area contributed by atoms with Crippen LogP contribution < -0.4 is 4.74 Å². The zero-order valence-electron chi connectivity index (χ0n) is 15.0. The zero-order valence-corrected chi connectivity index (χ0v) is 16.6. The summed E-state index contributed by atoms with van der Waals surface area (Å²) in [4.78, 5) is 16.2. The number of thiophene rings is 2. The number of benzene rings is 1. The van der Waals surface area contributed by atoms with Crippen LogP contribution in [0.5, 0.6) is 5.75 Å². The van der Waals surface area contributed by atoms with Crippen molar-refractivity contribution in [2.45, 2.75) is 25.6 Å². The van der Waals surface area contributed by atoms with Gasteiger partial charge in [-0.05, 0) is 34.9 Å². The van der Waals surface area contributed by atoms with Crippen LogP contribution in [0.2, 0.25) is 0 Å². The summed E-state index contributed by atoms with van der Waals surface area (Å²) in [6.07, 6.45) is 0.996. The van der Waals surface area contributed by atoms with E-state index in [0.29, 0.717) is 13.2 Å². The van der Waals surface area contributed by atoms with E-state index in [1.165, 1.54) is 15.3 Å². The first-order valence-corrected chi connectivity index (χ1v) is 10.8. The monoisotopic (exact) mass is 414 g/mol. The number of rotatable bonds is 4. The Hall–Kier alpha value is -2.26. The molecule has 144 valence electrons. The minimum Gasteiger partial charge on any atom is -0.467 e. The Balaban J connectivity index is 1.55. The molecular weight excluding hydrogens is 396 g/mol. The predicted molar refractivity (Wildman–Crippen MR) is 108 cm³/mol. The Morgan fingerprint density at radius 2 is 2.18 bits per heavy atom. The van der Waals surface area contributed by atoms with Gasteiger partial charge >= 0.3 is 0 Å². The molecule has 0 radical (unpaired) electrons. The van der Waals surface area contributed by atoms with Gasteiger partial charge in [0, 0.05) is 46.1 Å². The van der Waals surface area contributed by atoms with Gasteiger partial charge in [-0.1, -0.05) is 6.07 Å². The maximum absolute atomic E-state index is 11.4. The second-order valence-electron chi connectivity index (χ2n) is 6.90. The van der Waals surface area contributed by atoms with Crippen molar-refractivity contribution in [1.29, 1.82) is 0 Å². The molecule has 0 fully saturated rings. The minimum absolute atomic E-state index is 0.0868. The highest BCUT2D eigenvalue weighted by Crippen LogP contribution is 2.42. The number of non-ortho nitro benzene ring substituents is 1. The Bertz CT molecular complexity index is 1020. The quantitative estimate of drug-likeness (QED) is 0.456. The number of nitro groups is 1. The maximum Gasteiger partial charge on any atom is 0.270 e. The molecule has 0 aliphatic carbocycles. The fourth-order valence-corrected chi connectivity index (χ4v) is 5.82. The fourth-order valence-electron chi connectivity index (χ4n) is 4.04. The molecule has 0 saturated heterocycles. The molecule has 4 heterocycles. The van der Waals surface area contributed by atoms with Crippen LogP contribution in [-0.4, -0.2) is 23.2 Å². The number of nitro benzene ring substituents is 1. The second-order valence-corrected chi connectivity index (χ2v) is 8.88. The highest BCUT2D eigenvalue weighted by Gasteiger charge is 2.32. The lowest BCUT2D eigenvalue weighted by Gasteiger charge is -2.36. The standard InChI is InChI=1S/C20H18N2O4S2/c23-22(24)15-8-13(20-14(9-15)11-25-12-26-20)10-21-5-3-17-16(4-7-28-17)19(21)18-2-1-6-27-18/h1-2,4,6-9,19H,3,5,10-12H2. The van der Waals surface area contributed by atoms with Gasteiger partial charge in [0.1, 0.15) is 5.75 Å². The summed E-state index contributed by atoms with van der Waals surface area (Å²) in [5.74, 6) is 0.734. The molecule has 5 rings (SSSR count). The van der Waals surface area contributed by atoms with Crippen molar-refractivity contribution in [3.05, 3.63) is 77.7 Å². The van der Waals surface area contributed by atoms with Gasteiger partial charge in [-0.3, -0.25) is 15.0 Å². The summed E-state index contributed by atoms with van der Waals surface area (Å²) in [6, 6.07) is 9.84. The van der Waals surface area contributed by atoms with E-state index in [4.69, 9.17) is 9.47 Å². The molecule has 2 aliphatic rings. The summed E-state index contributed by atoms with van der Waals surface area (Å²) < 4.78 is 11.1. The largest absolute Gasteiger partial charge is 0.467 e. The molecule has 6 nitrogen and oxygen atoms in total. The van der Waals surface area contributed by atoms with Gasteiger partial charge in [-0.15, -0.1) is 22.7 Å². The molecule has 1 atom stereocenters. The molecule has 2 aliphatic heterocycles. The van der Waals surface area contributed by atoms with E-state index >= 15 is 0 Å². The molecule has 3 aromatic rings. The summed E-state index contributed by atoms with van der Waals surface area (Å²) in [7, 11) is 0. The van der Waals surface area contributed by atoms with E-state index in [9.17, 15) is 10.1 Å². The first kappa shape index (κ1) is 17.8. The molecular formula is C20H18N2O4S2. The van der Waals surface area contributed by atoms with E-state index in [1.54, 1.807) is 23.5 Å². The van der Waals surface area contributed by atoms with Gasteiger partial charge in [0.25, 0.3) is 5.69 Å². The first-order valence-electron chi connectivity index (χ1n) is 9.05. The van der Waals surface area contributed by atoms with Crippen molar-refractivity contribution in [3.63, 3.8) is 0 Å². The van der Waals surface area contributed by atoms with E-state index in [0.717, 1.165) is 29.8 Å². The number of fused-ring (bicyclic) bond motifs is 2. The van der Waals surface area contributed by atoms with E-state index < -0.39 is 0 Å². The summed E-state index contributed by atoms with van der Waals surface area (Å²) in [5.41, 5.74) is 3.04. The van der Waals surface area contributed by atoms with Gasteiger partial charge in [0.2, 0.25) is 0 Å². The van der Waals surface area contributed by atoms with Crippen LogP contribution in [0.3, 0.4) is 0 Å². The van der Waals surface area contributed by atoms with Crippen LogP contribution in [0.25, 0.3) is 0 Å². The lowest BCUT2D eigenvalue weighted by Crippen LogP contribution is -2.34. The SMILES string of the molecule is O=[N+]([O-])c1cc2c(c(CN3CCc4sccc4C3c3cccs3)c1)OCOC2. The molecule has 0 bridgehead atoms.